The zero-order chi connectivity index (χ0) is 12.3. The summed E-state index contributed by atoms with van der Waals surface area (Å²) in [4.78, 5) is 26.2. The number of carbonyl (C=O) groups is 1. The summed E-state index contributed by atoms with van der Waals surface area (Å²) >= 11 is 0. The molecule has 0 aliphatic carbocycles. The molecule has 4 heteroatoms. The molecule has 4 nitrogen and oxygen atoms in total. The Bertz CT molecular complexity index is 278. The van der Waals surface area contributed by atoms with E-state index >= 15 is 0 Å². The molecule has 0 unspecified atom stereocenters. The second-order valence-electron chi connectivity index (χ2n) is 2.09. The first-order valence-electron chi connectivity index (χ1n) is 4.67. The standard InChI is InChI=1S/C9H12NO3.C2H6/c1-4-6-8(7-11)9(5-2)10(12)13-3;1-2/h4-7H,1H2,2-3H3;1-2H3/q+1;/b8-6-,9-5+;. The highest BCUT2D eigenvalue weighted by atomic mass is 16.8. The van der Waals surface area contributed by atoms with Crippen molar-refractivity contribution in [1.82, 2.24) is 0 Å². The van der Waals surface area contributed by atoms with Crippen molar-refractivity contribution in [3.63, 3.8) is 0 Å². The molecule has 0 saturated heterocycles. The first-order valence-corrected chi connectivity index (χ1v) is 4.67. The van der Waals surface area contributed by atoms with Gasteiger partial charge in [-0.25, -0.2) is 4.84 Å². The van der Waals surface area contributed by atoms with Gasteiger partial charge < -0.3 is 0 Å². The van der Waals surface area contributed by atoms with Crippen LogP contribution in [0.3, 0.4) is 0 Å². The van der Waals surface area contributed by atoms with E-state index in [0.717, 1.165) is 0 Å². The van der Waals surface area contributed by atoms with Crippen LogP contribution in [0.15, 0.2) is 36.1 Å². The Balaban J connectivity index is 0. The lowest BCUT2D eigenvalue weighted by Gasteiger charge is -1.91. The highest BCUT2D eigenvalue weighted by Crippen LogP contribution is 2.08. The molecular formula is C11H18NO3+. The molecule has 0 aromatic carbocycles. The van der Waals surface area contributed by atoms with E-state index in [1.54, 1.807) is 6.92 Å². The topological polar surface area (TPSA) is 46.4 Å². The van der Waals surface area contributed by atoms with E-state index < -0.39 is 0 Å². The van der Waals surface area contributed by atoms with Crippen molar-refractivity contribution >= 4 is 6.29 Å². The summed E-state index contributed by atoms with van der Waals surface area (Å²) in [6.07, 6.45) is 4.92. The molecule has 0 fully saturated rings. The third kappa shape index (κ3) is 5.57. The molecule has 0 radical (unpaired) electrons. The van der Waals surface area contributed by atoms with E-state index in [1.165, 1.54) is 25.3 Å². The van der Waals surface area contributed by atoms with E-state index in [4.69, 9.17) is 0 Å². The van der Waals surface area contributed by atoms with Crippen molar-refractivity contribution < 1.29 is 14.6 Å². The van der Waals surface area contributed by atoms with Gasteiger partial charge in [0.2, 0.25) is 0 Å². The monoisotopic (exact) mass is 212 g/mol. The van der Waals surface area contributed by atoms with Crippen LogP contribution in [0.2, 0.25) is 0 Å². The lowest BCUT2D eigenvalue weighted by Crippen LogP contribution is -2.08. The average molecular weight is 212 g/mol. The van der Waals surface area contributed by atoms with E-state index in [2.05, 4.69) is 11.4 Å². The van der Waals surface area contributed by atoms with Gasteiger partial charge in [0.15, 0.2) is 13.4 Å². The normalized spacial score (nSPS) is 10.9. The predicted octanol–water partition coefficient (Wildman–Crippen LogP) is 2.57. The molecule has 15 heavy (non-hydrogen) atoms. The number of nitrogens with zero attached hydrogens (tertiary/aromatic N) is 1. The quantitative estimate of drug-likeness (QED) is 0.304. The maximum absolute atomic E-state index is 11.0. The summed E-state index contributed by atoms with van der Waals surface area (Å²) in [5, 5.41) is 0. The molecule has 0 saturated carbocycles. The molecule has 0 heterocycles. The number of hydrogen-bond donors (Lipinski definition) is 0. The highest BCUT2D eigenvalue weighted by molar-refractivity contribution is 5.79. The molecule has 0 aromatic heterocycles. The van der Waals surface area contributed by atoms with Crippen molar-refractivity contribution in [3.05, 3.63) is 41.0 Å². The lowest BCUT2D eigenvalue weighted by molar-refractivity contribution is -0.758. The molecule has 0 aliphatic heterocycles. The minimum Gasteiger partial charge on any atom is -0.298 e. The Kier molecular flexibility index (Phi) is 10.9. The van der Waals surface area contributed by atoms with E-state index in [1.807, 2.05) is 13.8 Å². The number of rotatable bonds is 5. The van der Waals surface area contributed by atoms with Gasteiger partial charge in [-0.2, -0.15) is 0 Å². The fourth-order valence-electron chi connectivity index (χ4n) is 0.788. The zero-order valence-electron chi connectivity index (χ0n) is 9.69. The van der Waals surface area contributed by atoms with Crippen LogP contribution < -0.4 is 0 Å². The van der Waals surface area contributed by atoms with Gasteiger partial charge in [0, 0.05) is 0 Å². The summed E-state index contributed by atoms with van der Waals surface area (Å²) < 4.78 is 0. The second-order valence-corrected chi connectivity index (χ2v) is 2.09. The maximum Gasteiger partial charge on any atom is 0.322 e. The molecule has 0 aromatic rings. The van der Waals surface area contributed by atoms with Crippen LogP contribution in [0.5, 0.6) is 0 Å². The summed E-state index contributed by atoms with van der Waals surface area (Å²) in [7, 11) is 1.23. The largest absolute Gasteiger partial charge is 0.322 e. The van der Waals surface area contributed by atoms with Gasteiger partial charge in [0.25, 0.3) is 4.92 Å². The minimum atomic E-state index is 0.164. The van der Waals surface area contributed by atoms with Crippen LogP contribution in [-0.4, -0.2) is 18.3 Å². The van der Waals surface area contributed by atoms with E-state index in [9.17, 15) is 9.70 Å². The van der Waals surface area contributed by atoms with Gasteiger partial charge in [-0.3, -0.25) is 4.79 Å². The zero-order valence-corrected chi connectivity index (χ0v) is 9.69. The molecule has 0 rings (SSSR count). The Morgan fingerprint density at radius 1 is 1.40 bits per heavy atom. The highest BCUT2D eigenvalue weighted by Gasteiger charge is 2.22. The summed E-state index contributed by atoms with van der Waals surface area (Å²) in [6, 6.07) is 0. The van der Waals surface area contributed by atoms with Crippen molar-refractivity contribution in [2.24, 2.45) is 0 Å². The van der Waals surface area contributed by atoms with Crippen LogP contribution in [0.4, 0.5) is 0 Å². The summed E-state index contributed by atoms with van der Waals surface area (Å²) in [5.74, 6) is 0. The minimum absolute atomic E-state index is 0.164. The number of aldehydes is 1. The fraction of sp³-hybridized carbons (Fsp3) is 0.364. The van der Waals surface area contributed by atoms with Crippen molar-refractivity contribution in [2.75, 3.05) is 7.11 Å². The van der Waals surface area contributed by atoms with Crippen molar-refractivity contribution in [1.29, 1.82) is 0 Å². The summed E-state index contributed by atoms with van der Waals surface area (Å²) in [5.41, 5.74) is 0.395. The third-order valence-corrected chi connectivity index (χ3v) is 1.36. The molecule has 0 amide bonds. The summed E-state index contributed by atoms with van der Waals surface area (Å²) in [6.45, 7) is 9.06. The van der Waals surface area contributed by atoms with Crippen molar-refractivity contribution in [3.8, 4) is 0 Å². The molecule has 0 spiro atoms. The molecular weight excluding hydrogens is 194 g/mol. The fourth-order valence-corrected chi connectivity index (χ4v) is 0.788. The Hall–Kier alpha value is -1.71. The Labute approximate surface area is 90.5 Å². The van der Waals surface area contributed by atoms with Crippen molar-refractivity contribution in [2.45, 2.75) is 20.8 Å². The van der Waals surface area contributed by atoms with Crippen LogP contribution >= 0.6 is 0 Å². The van der Waals surface area contributed by atoms with Gasteiger partial charge in [-0.15, -0.1) is 0 Å². The molecule has 84 valence electrons. The Morgan fingerprint density at radius 3 is 2.20 bits per heavy atom. The van der Waals surface area contributed by atoms with Gasteiger partial charge in [0.1, 0.15) is 0 Å². The van der Waals surface area contributed by atoms with Crippen LogP contribution in [0.1, 0.15) is 20.8 Å². The number of hydrogen-bond acceptors (Lipinski definition) is 3. The van der Waals surface area contributed by atoms with Crippen LogP contribution in [-0.2, 0) is 9.63 Å². The Morgan fingerprint density at radius 2 is 1.93 bits per heavy atom. The first kappa shape index (κ1) is 15.7. The van der Waals surface area contributed by atoms with Crippen LogP contribution in [0, 0.1) is 4.91 Å². The second kappa shape index (κ2) is 10.4. The SMILES string of the molecule is C=C/C=C(C=O)\C(=C/C)[N+](=O)OC.CC. The van der Waals surface area contributed by atoms with Gasteiger partial charge in [-0.1, -0.05) is 26.5 Å². The van der Waals surface area contributed by atoms with E-state index in [0.29, 0.717) is 6.29 Å². The van der Waals surface area contributed by atoms with Crippen LogP contribution in [0.25, 0.3) is 0 Å². The molecule has 0 atom stereocenters. The number of allylic oxidation sites excluding steroid dienone is 4. The average Bonchev–Trinajstić information content (AvgIpc) is 2.31. The van der Waals surface area contributed by atoms with Gasteiger partial charge in [0.05, 0.1) is 10.5 Å². The molecule has 0 bridgehead atoms. The van der Waals surface area contributed by atoms with Gasteiger partial charge >= 0.3 is 5.70 Å². The maximum atomic E-state index is 11.0. The van der Waals surface area contributed by atoms with Gasteiger partial charge in [-0.05, 0) is 19.1 Å². The number of carbonyl (C=O) groups excluding carboxylic acids is 1. The molecule has 0 N–H and O–H groups in total. The smallest absolute Gasteiger partial charge is 0.298 e. The first-order chi connectivity index (χ1) is 7.21. The van der Waals surface area contributed by atoms with E-state index in [-0.39, 0.29) is 16.2 Å². The molecule has 0 aliphatic rings. The lowest BCUT2D eigenvalue weighted by atomic mass is 10.2. The third-order valence-electron chi connectivity index (χ3n) is 1.36. The predicted molar refractivity (Wildman–Crippen MR) is 60.1 cm³/mol.